The standard InChI is InChI=1S/C16H25N3O4S/c1-16(2,14(20)22-4)23-13-9-12(17-15(18-13)24-5)19-8-6-7-11(19)10-21-3/h9,11H,6-8,10H2,1-5H3/t11-/m0/s1. The summed E-state index contributed by atoms with van der Waals surface area (Å²) in [5, 5.41) is 0.603. The molecule has 1 fully saturated rings. The zero-order valence-corrected chi connectivity index (χ0v) is 15.7. The Bertz CT molecular complexity index is 582. The molecule has 1 aromatic rings. The third-order valence-corrected chi connectivity index (χ3v) is 4.47. The van der Waals surface area contributed by atoms with E-state index in [9.17, 15) is 4.79 Å². The van der Waals surface area contributed by atoms with E-state index in [0.717, 1.165) is 25.2 Å². The Kier molecular flexibility index (Phi) is 6.28. The molecule has 1 saturated heterocycles. The SMILES string of the molecule is COC[C@@H]1CCCN1c1cc(OC(C)(C)C(=O)OC)nc(SC)n1. The smallest absolute Gasteiger partial charge is 0.349 e. The Labute approximate surface area is 147 Å². The second kappa shape index (κ2) is 8.02. The Hall–Kier alpha value is -1.54. The van der Waals surface area contributed by atoms with Gasteiger partial charge in [0.1, 0.15) is 5.82 Å². The van der Waals surface area contributed by atoms with Crippen LogP contribution in [0.5, 0.6) is 5.88 Å². The first-order valence-corrected chi connectivity index (χ1v) is 9.10. The number of rotatable bonds is 7. The number of nitrogens with zero attached hydrogens (tertiary/aromatic N) is 3. The molecule has 0 bridgehead atoms. The minimum Gasteiger partial charge on any atom is -0.466 e. The van der Waals surface area contributed by atoms with Crippen molar-refractivity contribution in [2.45, 2.75) is 43.5 Å². The maximum absolute atomic E-state index is 11.8. The summed E-state index contributed by atoms with van der Waals surface area (Å²) in [5.41, 5.74) is -1.12. The second-order valence-electron chi connectivity index (χ2n) is 6.10. The fourth-order valence-electron chi connectivity index (χ4n) is 2.73. The van der Waals surface area contributed by atoms with Gasteiger partial charge in [0.05, 0.1) is 19.8 Å². The maximum Gasteiger partial charge on any atom is 0.349 e. The number of hydrogen-bond acceptors (Lipinski definition) is 8. The van der Waals surface area contributed by atoms with Gasteiger partial charge in [-0.25, -0.2) is 9.78 Å². The summed E-state index contributed by atoms with van der Waals surface area (Å²) in [6.07, 6.45) is 4.07. The van der Waals surface area contributed by atoms with Gasteiger partial charge in [0, 0.05) is 19.7 Å². The summed E-state index contributed by atoms with van der Waals surface area (Å²) in [7, 11) is 3.04. The van der Waals surface area contributed by atoms with E-state index in [1.807, 2.05) is 6.26 Å². The Morgan fingerprint density at radius 2 is 2.17 bits per heavy atom. The molecule has 0 radical (unpaired) electrons. The number of carbonyl (C=O) groups is 1. The van der Waals surface area contributed by atoms with Gasteiger partial charge in [-0.1, -0.05) is 11.8 Å². The number of thioether (sulfide) groups is 1. The van der Waals surface area contributed by atoms with Crippen LogP contribution >= 0.6 is 11.8 Å². The molecule has 134 valence electrons. The van der Waals surface area contributed by atoms with Crippen LogP contribution in [0.3, 0.4) is 0 Å². The summed E-state index contributed by atoms with van der Waals surface area (Å²) in [4.78, 5) is 23.0. The van der Waals surface area contributed by atoms with Crippen molar-refractivity contribution in [3.05, 3.63) is 6.07 Å². The van der Waals surface area contributed by atoms with Crippen molar-refractivity contribution in [2.75, 3.05) is 38.5 Å². The molecule has 0 spiro atoms. The van der Waals surface area contributed by atoms with Crippen molar-refractivity contribution in [3.63, 3.8) is 0 Å². The minimum atomic E-state index is -1.12. The molecular weight excluding hydrogens is 330 g/mol. The molecule has 2 heterocycles. The van der Waals surface area contributed by atoms with E-state index in [1.165, 1.54) is 18.9 Å². The van der Waals surface area contributed by atoms with E-state index < -0.39 is 11.6 Å². The van der Waals surface area contributed by atoms with Gasteiger partial charge in [-0.15, -0.1) is 0 Å². The zero-order valence-electron chi connectivity index (χ0n) is 14.9. The molecule has 0 amide bonds. The van der Waals surface area contributed by atoms with Crippen molar-refractivity contribution in [2.24, 2.45) is 0 Å². The summed E-state index contributed by atoms with van der Waals surface area (Å²) in [6, 6.07) is 2.07. The highest BCUT2D eigenvalue weighted by Gasteiger charge is 2.33. The van der Waals surface area contributed by atoms with Crippen LogP contribution in [0.4, 0.5) is 5.82 Å². The van der Waals surface area contributed by atoms with Gasteiger partial charge >= 0.3 is 5.97 Å². The molecule has 2 rings (SSSR count). The summed E-state index contributed by atoms with van der Waals surface area (Å²) in [5.74, 6) is 0.708. The van der Waals surface area contributed by atoms with Crippen molar-refractivity contribution >= 4 is 23.5 Å². The van der Waals surface area contributed by atoms with Crippen LogP contribution in [0.1, 0.15) is 26.7 Å². The summed E-state index contributed by atoms with van der Waals surface area (Å²) in [6.45, 7) is 4.88. The van der Waals surface area contributed by atoms with Crippen molar-refractivity contribution in [1.82, 2.24) is 9.97 Å². The maximum atomic E-state index is 11.8. The quantitative estimate of drug-likeness (QED) is 0.418. The van der Waals surface area contributed by atoms with Crippen molar-refractivity contribution in [3.8, 4) is 5.88 Å². The van der Waals surface area contributed by atoms with Gasteiger partial charge in [0.2, 0.25) is 11.5 Å². The highest BCUT2D eigenvalue weighted by molar-refractivity contribution is 7.98. The molecule has 0 unspecified atom stereocenters. The van der Waals surface area contributed by atoms with Crippen LogP contribution in [0, 0.1) is 0 Å². The molecule has 1 aliphatic rings. The highest BCUT2D eigenvalue weighted by Crippen LogP contribution is 2.29. The van der Waals surface area contributed by atoms with Crippen molar-refractivity contribution < 1.29 is 19.0 Å². The van der Waals surface area contributed by atoms with E-state index in [-0.39, 0.29) is 0 Å². The van der Waals surface area contributed by atoms with Crippen LogP contribution < -0.4 is 9.64 Å². The van der Waals surface area contributed by atoms with Crippen LogP contribution in [-0.4, -0.2) is 61.2 Å². The van der Waals surface area contributed by atoms with Crippen LogP contribution in [0.2, 0.25) is 0 Å². The van der Waals surface area contributed by atoms with E-state index in [0.29, 0.717) is 23.7 Å². The molecule has 1 aromatic heterocycles. The third-order valence-electron chi connectivity index (χ3n) is 3.92. The van der Waals surface area contributed by atoms with Crippen LogP contribution in [-0.2, 0) is 14.3 Å². The molecular formula is C16H25N3O4S. The third kappa shape index (κ3) is 4.30. The Morgan fingerprint density at radius 1 is 1.42 bits per heavy atom. The lowest BCUT2D eigenvalue weighted by molar-refractivity contribution is -0.156. The first-order valence-electron chi connectivity index (χ1n) is 7.87. The van der Waals surface area contributed by atoms with Gasteiger partial charge < -0.3 is 19.1 Å². The van der Waals surface area contributed by atoms with E-state index in [1.54, 1.807) is 27.0 Å². The number of anilines is 1. The van der Waals surface area contributed by atoms with Gasteiger partial charge in [0.25, 0.3) is 0 Å². The second-order valence-corrected chi connectivity index (χ2v) is 6.87. The highest BCUT2D eigenvalue weighted by atomic mass is 32.2. The predicted octanol–water partition coefficient (Wildman–Crippen LogP) is 2.14. The molecule has 7 nitrogen and oxygen atoms in total. The summed E-state index contributed by atoms with van der Waals surface area (Å²) >= 11 is 1.43. The fraction of sp³-hybridized carbons (Fsp3) is 0.688. The largest absolute Gasteiger partial charge is 0.466 e. The number of aromatic nitrogens is 2. The normalized spacial score (nSPS) is 17.9. The van der Waals surface area contributed by atoms with Crippen LogP contribution in [0.15, 0.2) is 11.2 Å². The molecule has 0 N–H and O–H groups in total. The predicted molar refractivity (Wildman–Crippen MR) is 92.8 cm³/mol. The lowest BCUT2D eigenvalue weighted by atomic mass is 10.1. The fourth-order valence-corrected chi connectivity index (χ4v) is 3.10. The van der Waals surface area contributed by atoms with Gasteiger partial charge in [0.15, 0.2) is 5.16 Å². The molecule has 8 heteroatoms. The first-order chi connectivity index (χ1) is 11.4. The molecule has 0 saturated carbocycles. The topological polar surface area (TPSA) is 73.8 Å². The lowest BCUT2D eigenvalue weighted by Gasteiger charge is -2.27. The number of esters is 1. The first kappa shape index (κ1) is 18.8. The summed E-state index contributed by atoms with van der Waals surface area (Å²) < 4.78 is 15.9. The molecule has 0 aliphatic carbocycles. The monoisotopic (exact) mass is 355 g/mol. The zero-order chi connectivity index (χ0) is 17.7. The van der Waals surface area contributed by atoms with Gasteiger partial charge in [-0.3, -0.25) is 0 Å². The number of ether oxygens (including phenoxy) is 3. The van der Waals surface area contributed by atoms with Gasteiger partial charge in [-0.2, -0.15) is 4.98 Å². The molecule has 0 aromatic carbocycles. The average Bonchev–Trinajstić information content (AvgIpc) is 3.01. The van der Waals surface area contributed by atoms with E-state index in [4.69, 9.17) is 14.2 Å². The van der Waals surface area contributed by atoms with E-state index in [2.05, 4.69) is 14.9 Å². The number of carbonyl (C=O) groups excluding carboxylic acids is 1. The van der Waals surface area contributed by atoms with Crippen LogP contribution in [0.25, 0.3) is 0 Å². The van der Waals surface area contributed by atoms with E-state index >= 15 is 0 Å². The minimum absolute atomic E-state index is 0.293. The number of methoxy groups -OCH3 is 2. The number of hydrogen-bond donors (Lipinski definition) is 0. The molecule has 1 atom stereocenters. The average molecular weight is 355 g/mol. The lowest BCUT2D eigenvalue weighted by Crippen LogP contribution is -2.39. The van der Waals surface area contributed by atoms with Crippen molar-refractivity contribution in [1.29, 1.82) is 0 Å². The Morgan fingerprint density at radius 3 is 2.79 bits per heavy atom. The molecule has 1 aliphatic heterocycles. The van der Waals surface area contributed by atoms with Gasteiger partial charge in [-0.05, 0) is 32.9 Å². The molecule has 24 heavy (non-hydrogen) atoms. The Balaban J connectivity index is 2.29.